The summed E-state index contributed by atoms with van der Waals surface area (Å²) in [6, 6.07) is 8.04. The summed E-state index contributed by atoms with van der Waals surface area (Å²) in [7, 11) is 1.88. The molecule has 1 unspecified atom stereocenters. The van der Waals surface area contributed by atoms with Gasteiger partial charge in [0.25, 0.3) is 0 Å². The zero-order valence-electron chi connectivity index (χ0n) is 9.53. The van der Waals surface area contributed by atoms with Crippen molar-refractivity contribution < 1.29 is 5.11 Å². The van der Waals surface area contributed by atoms with Crippen molar-refractivity contribution in [1.29, 1.82) is 5.26 Å². The molecule has 0 fully saturated rings. The van der Waals surface area contributed by atoms with Crippen LogP contribution in [0.4, 0.5) is 0 Å². The van der Waals surface area contributed by atoms with Crippen LogP contribution in [0.1, 0.15) is 18.1 Å². The van der Waals surface area contributed by atoms with Gasteiger partial charge in [-0.2, -0.15) is 5.26 Å². The summed E-state index contributed by atoms with van der Waals surface area (Å²) < 4.78 is 0. The molecule has 2 N–H and O–H groups in total. The maximum atomic E-state index is 9.05. The highest BCUT2D eigenvalue weighted by molar-refractivity contribution is 8.00. The molecule has 0 amide bonds. The Balaban J connectivity index is 2.89. The van der Waals surface area contributed by atoms with Crippen LogP contribution in [-0.2, 0) is 6.54 Å². The molecule has 86 valence electrons. The van der Waals surface area contributed by atoms with Gasteiger partial charge in [0.15, 0.2) is 0 Å². The second kappa shape index (κ2) is 6.54. The Morgan fingerprint density at radius 1 is 1.56 bits per heavy atom. The lowest BCUT2D eigenvalue weighted by Crippen LogP contribution is -2.06. The van der Waals surface area contributed by atoms with Crippen molar-refractivity contribution in [2.24, 2.45) is 0 Å². The molecule has 1 atom stereocenters. The third-order valence-electron chi connectivity index (χ3n) is 2.13. The molecule has 0 saturated carbocycles. The third kappa shape index (κ3) is 3.53. The summed E-state index contributed by atoms with van der Waals surface area (Å²) in [5.41, 5.74) is 1.78. The van der Waals surface area contributed by atoms with Crippen molar-refractivity contribution in [3.05, 3.63) is 29.3 Å². The van der Waals surface area contributed by atoms with Gasteiger partial charge in [0.2, 0.25) is 0 Å². The predicted molar refractivity (Wildman–Crippen MR) is 66.3 cm³/mol. The molecular formula is C12H16N2OS. The van der Waals surface area contributed by atoms with E-state index in [1.165, 1.54) is 11.8 Å². The van der Waals surface area contributed by atoms with E-state index < -0.39 is 0 Å². The number of aliphatic hydroxyl groups is 1. The summed E-state index contributed by atoms with van der Waals surface area (Å²) >= 11 is 1.53. The number of rotatable bonds is 5. The molecular weight excluding hydrogens is 220 g/mol. The van der Waals surface area contributed by atoms with Gasteiger partial charge in [0, 0.05) is 16.7 Å². The van der Waals surface area contributed by atoms with Crippen molar-refractivity contribution >= 4 is 11.8 Å². The van der Waals surface area contributed by atoms with E-state index in [2.05, 4.69) is 11.4 Å². The number of benzene rings is 1. The fourth-order valence-electron chi connectivity index (χ4n) is 1.34. The molecule has 1 aromatic carbocycles. The zero-order valence-corrected chi connectivity index (χ0v) is 10.3. The molecule has 1 rings (SSSR count). The average molecular weight is 236 g/mol. The van der Waals surface area contributed by atoms with E-state index in [9.17, 15) is 0 Å². The van der Waals surface area contributed by atoms with Crippen molar-refractivity contribution in [3.63, 3.8) is 0 Å². The van der Waals surface area contributed by atoms with Gasteiger partial charge >= 0.3 is 0 Å². The zero-order chi connectivity index (χ0) is 12.0. The number of aliphatic hydroxyl groups excluding tert-OH is 1. The second-order valence-corrected chi connectivity index (χ2v) is 5.06. The van der Waals surface area contributed by atoms with E-state index >= 15 is 0 Å². The first-order valence-electron chi connectivity index (χ1n) is 5.16. The quantitative estimate of drug-likeness (QED) is 0.765. The second-order valence-electron chi connectivity index (χ2n) is 3.58. The molecule has 3 nitrogen and oxygen atoms in total. The maximum Gasteiger partial charge on any atom is 0.100 e. The van der Waals surface area contributed by atoms with Gasteiger partial charge in [-0.15, -0.1) is 11.8 Å². The first-order valence-corrected chi connectivity index (χ1v) is 6.04. The first-order chi connectivity index (χ1) is 7.71. The van der Waals surface area contributed by atoms with Crippen LogP contribution in [0.5, 0.6) is 0 Å². The molecule has 0 aliphatic carbocycles. The lowest BCUT2D eigenvalue weighted by atomic mass is 10.1. The highest BCUT2D eigenvalue weighted by Gasteiger charge is 2.08. The summed E-state index contributed by atoms with van der Waals surface area (Å²) in [5, 5.41) is 21.2. The van der Waals surface area contributed by atoms with Crippen LogP contribution >= 0.6 is 11.8 Å². The van der Waals surface area contributed by atoms with E-state index in [1.807, 2.05) is 32.2 Å². The normalized spacial score (nSPS) is 12.1. The van der Waals surface area contributed by atoms with Crippen LogP contribution in [0, 0.1) is 11.3 Å². The molecule has 1 aromatic rings. The Kier molecular flexibility index (Phi) is 5.33. The SMILES string of the molecule is CNCc1ccc(SC(C)CO)c(C#N)c1. The van der Waals surface area contributed by atoms with Crippen LogP contribution < -0.4 is 5.32 Å². The first kappa shape index (κ1) is 13.0. The third-order valence-corrected chi connectivity index (χ3v) is 3.29. The number of nitrogens with one attached hydrogen (secondary N) is 1. The monoisotopic (exact) mass is 236 g/mol. The molecule has 0 aromatic heterocycles. The Morgan fingerprint density at radius 3 is 2.88 bits per heavy atom. The highest BCUT2D eigenvalue weighted by Crippen LogP contribution is 2.27. The molecule has 0 aliphatic rings. The average Bonchev–Trinajstić information content (AvgIpc) is 2.31. The molecule has 0 spiro atoms. The minimum Gasteiger partial charge on any atom is -0.395 e. The van der Waals surface area contributed by atoms with Crippen LogP contribution in [-0.4, -0.2) is 24.0 Å². The lowest BCUT2D eigenvalue weighted by molar-refractivity contribution is 0.300. The van der Waals surface area contributed by atoms with Gasteiger partial charge in [-0.05, 0) is 24.7 Å². The Hall–Kier alpha value is -1.02. The molecule has 0 aliphatic heterocycles. The fourth-order valence-corrected chi connectivity index (χ4v) is 2.22. The highest BCUT2D eigenvalue weighted by atomic mass is 32.2. The van der Waals surface area contributed by atoms with Gasteiger partial charge in [0.05, 0.1) is 12.2 Å². The van der Waals surface area contributed by atoms with Crippen LogP contribution in [0.25, 0.3) is 0 Å². The van der Waals surface area contributed by atoms with Crippen molar-refractivity contribution in [2.75, 3.05) is 13.7 Å². The number of thioether (sulfide) groups is 1. The standard InChI is InChI=1S/C12H16N2OS/c1-9(8-15)16-12-4-3-10(7-14-2)5-11(12)6-13/h3-5,9,14-15H,7-8H2,1-2H3. The van der Waals surface area contributed by atoms with Gasteiger partial charge < -0.3 is 10.4 Å². The smallest absolute Gasteiger partial charge is 0.100 e. The van der Waals surface area contributed by atoms with Gasteiger partial charge in [-0.25, -0.2) is 0 Å². The Labute approximate surface area is 100 Å². The summed E-state index contributed by atoms with van der Waals surface area (Å²) in [5.74, 6) is 0. The van der Waals surface area contributed by atoms with Gasteiger partial charge in [0.1, 0.15) is 6.07 Å². The van der Waals surface area contributed by atoms with E-state index in [0.29, 0.717) is 5.56 Å². The number of hydrogen-bond donors (Lipinski definition) is 2. The van der Waals surface area contributed by atoms with Crippen LogP contribution in [0.3, 0.4) is 0 Å². The van der Waals surface area contributed by atoms with E-state index in [1.54, 1.807) is 0 Å². The molecule has 16 heavy (non-hydrogen) atoms. The van der Waals surface area contributed by atoms with E-state index in [0.717, 1.165) is 17.0 Å². The van der Waals surface area contributed by atoms with Gasteiger partial charge in [-0.3, -0.25) is 0 Å². The topological polar surface area (TPSA) is 56.0 Å². The minimum atomic E-state index is 0.113. The van der Waals surface area contributed by atoms with Crippen molar-refractivity contribution in [1.82, 2.24) is 5.32 Å². The summed E-state index contributed by atoms with van der Waals surface area (Å²) in [6.07, 6.45) is 0. The fraction of sp³-hybridized carbons (Fsp3) is 0.417. The lowest BCUT2D eigenvalue weighted by Gasteiger charge is -2.10. The van der Waals surface area contributed by atoms with Crippen molar-refractivity contribution in [2.45, 2.75) is 23.6 Å². The van der Waals surface area contributed by atoms with Crippen LogP contribution in [0.2, 0.25) is 0 Å². The summed E-state index contributed by atoms with van der Waals surface area (Å²) in [6.45, 7) is 2.82. The summed E-state index contributed by atoms with van der Waals surface area (Å²) in [4.78, 5) is 0.934. The maximum absolute atomic E-state index is 9.05. The van der Waals surface area contributed by atoms with Crippen LogP contribution in [0.15, 0.2) is 23.1 Å². The molecule has 4 heteroatoms. The molecule has 0 bridgehead atoms. The Morgan fingerprint density at radius 2 is 2.31 bits per heavy atom. The molecule has 0 heterocycles. The predicted octanol–water partition coefficient (Wildman–Crippen LogP) is 1.75. The van der Waals surface area contributed by atoms with Gasteiger partial charge in [-0.1, -0.05) is 13.0 Å². The Bertz CT molecular complexity index is 387. The molecule has 0 saturated heterocycles. The number of nitriles is 1. The number of hydrogen-bond acceptors (Lipinski definition) is 4. The largest absolute Gasteiger partial charge is 0.395 e. The van der Waals surface area contributed by atoms with E-state index in [-0.39, 0.29) is 11.9 Å². The minimum absolute atomic E-state index is 0.113. The van der Waals surface area contributed by atoms with E-state index in [4.69, 9.17) is 10.4 Å². The number of nitrogens with zero attached hydrogens (tertiary/aromatic N) is 1. The van der Waals surface area contributed by atoms with Crippen molar-refractivity contribution in [3.8, 4) is 6.07 Å². The molecule has 0 radical (unpaired) electrons.